The minimum Gasteiger partial charge on any atom is -0.427 e. The maximum atomic E-state index is 12.6. The van der Waals surface area contributed by atoms with Crippen LogP contribution in [0.15, 0.2) is 102 Å². The van der Waals surface area contributed by atoms with Gasteiger partial charge in [0, 0.05) is 19.0 Å². The molecule has 1 saturated heterocycles. The third-order valence-corrected chi connectivity index (χ3v) is 8.74. The van der Waals surface area contributed by atoms with Gasteiger partial charge in [0.2, 0.25) is 10.0 Å². The van der Waals surface area contributed by atoms with Gasteiger partial charge in [0.25, 0.3) is 0 Å². The quantitative estimate of drug-likeness (QED) is 0.217. The van der Waals surface area contributed by atoms with Crippen molar-refractivity contribution in [1.82, 2.24) is 9.79 Å². The first kappa shape index (κ1) is 30.7. The Balaban J connectivity index is 1.28. The first-order valence-corrected chi connectivity index (χ1v) is 15.9. The largest absolute Gasteiger partial charge is 0.528 e. The highest BCUT2D eigenvalue weighted by molar-refractivity contribution is 7.89. The normalized spacial score (nSPS) is 17.9. The number of fused-ring (bicyclic) bond motifs is 1. The summed E-state index contributed by atoms with van der Waals surface area (Å²) < 4.78 is 39.8. The average molecular weight is 603 g/mol. The molecule has 4 aromatic carbocycles. The molecule has 0 spiro atoms. The Morgan fingerprint density at radius 2 is 1.56 bits per heavy atom. The third-order valence-electron chi connectivity index (χ3n) is 7.32. The van der Waals surface area contributed by atoms with E-state index in [0.29, 0.717) is 26.1 Å². The summed E-state index contributed by atoms with van der Waals surface area (Å²) in [6.45, 7) is 6.90. The molecule has 9 heteroatoms. The number of carbonyl (C=O) groups excluding carboxylic acids is 1. The molecule has 1 N–H and O–H groups in total. The molecule has 226 valence electrons. The fourth-order valence-corrected chi connectivity index (χ4v) is 6.21. The van der Waals surface area contributed by atoms with Crippen molar-refractivity contribution >= 4 is 27.0 Å². The van der Waals surface area contributed by atoms with Crippen molar-refractivity contribution < 1.29 is 27.5 Å². The van der Waals surface area contributed by atoms with Gasteiger partial charge in [-0.25, -0.2) is 17.9 Å². The molecule has 2 unspecified atom stereocenters. The number of carbonyl (C=O) groups is 1. The molecule has 1 aliphatic rings. The van der Waals surface area contributed by atoms with Crippen LogP contribution in [0.2, 0.25) is 0 Å². The van der Waals surface area contributed by atoms with Crippen LogP contribution < -0.4 is 4.72 Å². The van der Waals surface area contributed by atoms with Crippen molar-refractivity contribution in [3.05, 3.63) is 114 Å². The van der Waals surface area contributed by atoms with Gasteiger partial charge in [0.1, 0.15) is 5.60 Å². The molecule has 0 bridgehead atoms. The summed E-state index contributed by atoms with van der Waals surface area (Å²) in [4.78, 5) is 18.1. The molecule has 4 aromatic rings. The maximum absolute atomic E-state index is 12.6. The van der Waals surface area contributed by atoms with Crippen LogP contribution >= 0.6 is 0 Å². The number of rotatable bonds is 9. The van der Waals surface area contributed by atoms with Gasteiger partial charge in [-0.05, 0) is 72.9 Å². The summed E-state index contributed by atoms with van der Waals surface area (Å²) in [6, 6.07) is 30.7. The van der Waals surface area contributed by atoms with Crippen LogP contribution in [0.25, 0.3) is 10.8 Å². The Morgan fingerprint density at radius 1 is 0.884 bits per heavy atom. The van der Waals surface area contributed by atoms with Crippen LogP contribution in [0, 0.1) is 0 Å². The third kappa shape index (κ3) is 8.42. The van der Waals surface area contributed by atoms with Crippen molar-refractivity contribution in [2.45, 2.75) is 62.9 Å². The molecule has 0 saturated carbocycles. The second kappa shape index (κ2) is 13.3. The van der Waals surface area contributed by atoms with E-state index in [1.54, 1.807) is 56.2 Å². The molecule has 1 aliphatic heterocycles. The van der Waals surface area contributed by atoms with Gasteiger partial charge in [0.15, 0.2) is 0 Å². The van der Waals surface area contributed by atoms with E-state index in [0.717, 1.165) is 22.1 Å². The van der Waals surface area contributed by atoms with E-state index in [1.165, 1.54) is 5.39 Å². The number of nitrogens with zero attached hydrogens (tertiary/aromatic N) is 1. The molecule has 2 atom stereocenters. The van der Waals surface area contributed by atoms with Crippen molar-refractivity contribution in [2.24, 2.45) is 0 Å². The van der Waals surface area contributed by atoms with Crippen LogP contribution in [-0.4, -0.2) is 44.4 Å². The lowest BCUT2D eigenvalue weighted by molar-refractivity contribution is -0.179. The highest BCUT2D eigenvalue weighted by atomic mass is 32.2. The number of nitrogens with one attached hydrogen (secondary N) is 1. The van der Waals surface area contributed by atoms with Gasteiger partial charge in [0.05, 0.1) is 24.2 Å². The van der Waals surface area contributed by atoms with Gasteiger partial charge in [-0.3, -0.25) is 0 Å². The van der Waals surface area contributed by atoms with Gasteiger partial charge in [-0.1, -0.05) is 78.9 Å². The number of hydroxylamine groups is 2. The Kier molecular flexibility index (Phi) is 9.46. The molecule has 43 heavy (non-hydrogen) atoms. The minimum atomic E-state index is -3.60. The molecule has 0 aliphatic carbocycles. The molecule has 0 radical (unpaired) electrons. The van der Waals surface area contributed by atoms with Crippen LogP contribution in [0.1, 0.15) is 49.8 Å². The summed E-state index contributed by atoms with van der Waals surface area (Å²) in [6.07, 6.45) is -0.294. The van der Waals surface area contributed by atoms with Crippen LogP contribution in [0.5, 0.6) is 0 Å². The van der Waals surface area contributed by atoms with E-state index in [1.807, 2.05) is 36.4 Å². The van der Waals surface area contributed by atoms with Crippen LogP contribution in [0.3, 0.4) is 0 Å². The second-order valence-corrected chi connectivity index (χ2v) is 13.5. The lowest BCUT2D eigenvalue weighted by Crippen LogP contribution is -2.45. The standard InChI is InChI=1S/C34H38N2O6S/c1-34(2,3)41-33(37)42-36-20-19-31(32(23-36)40-24-26-15-16-27-9-7-8-10-29(27)21-26)28-17-13-25(14-18-28)22-35-43(38,39)30-11-5-4-6-12-30/h4-18,21,31-32,35H,19-20,22-24H2,1-3H3. The SMILES string of the molecule is CC(C)(C)OC(=O)ON1CCC(c2ccc(CNS(=O)(=O)c3ccccc3)cc2)C(OCc2ccc3ccccc3c2)C1. The average Bonchev–Trinajstić information content (AvgIpc) is 2.99. The zero-order chi connectivity index (χ0) is 30.5. The van der Waals surface area contributed by atoms with Crippen molar-refractivity contribution in [1.29, 1.82) is 0 Å². The number of hydrogen-bond acceptors (Lipinski definition) is 7. The van der Waals surface area contributed by atoms with Crippen LogP contribution in [-0.2, 0) is 37.5 Å². The van der Waals surface area contributed by atoms with Crippen molar-refractivity contribution in [3.8, 4) is 0 Å². The summed E-state index contributed by atoms with van der Waals surface area (Å²) in [7, 11) is -3.60. The Morgan fingerprint density at radius 3 is 2.28 bits per heavy atom. The monoisotopic (exact) mass is 602 g/mol. The van der Waals surface area contributed by atoms with Crippen LogP contribution in [0.4, 0.5) is 4.79 Å². The zero-order valence-electron chi connectivity index (χ0n) is 24.7. The second-order valence-electron chi connectivity index (χ2n) is 11.7. The van der Waals surface area contributed by atoms with E-state index in [4.69, 9.17) is 14.3 Å². The molecular weight excluding hydrogens is 564 g/mol. The fourth-order valence-electron chi connectivity index (χ4n) is 5.17. The molecule has 1 heterocycles. The molecule has 0 amide bonds. The highest BCUT2D eigenvalue weighted by Gasteiger charge is 2.34. The summed E-state index contributed by atoms with van der Waals surface area (Å²) in [5.41, 5.74) is 2.33. The first-order valence-electron chi connectivity index (χ1n) is 14.4. The zero-order valence-corrected chi connectivity index (χ0v) is 25.5. The topological polar surface area (TPSA) is 94.2 Å². The van der Waals surface area contributed by atoms with Crippen molar-refractivity contribution in [3.63, 3.8) is 0 Å². The molecular formula is C34H38N2O6S. The Labute approximate surface area is 253 Å². The van der Waals surface area contributed by atoms with E-state index in [-0.39, 0.29) is 23.5 Å². The molecule has 5 rings (SSSR count). The number of sulfonamides is 1. The van der Waals surface area contributed by atoms with Gasteiger partial charge < -0.3 is 14.3 Å². The van der Waals surface area contributed by atoms with E-state index in [9.17, 15) is 13.2 Å². The first-order chi connectivity index (χ1) is 20.6. The predicted molar refractivity (Wildman–Crippen MR) is 166 cm³/mol. The van der Waals surface area contributed by atoms with Gasteiger partial charge >= 0.3 is 6.16 Å². The van der Waals surface area contributed by atoms with Gasteiger partial charge in [-0.15, -0.1) is 5.06 Å². The molecule has 0 aromatic heterocycles. The van der Waals surface area contributed by atoms with E-state index < -0.39 is 21.8 Å². The van der Waals surface area contributed by atoms with Gasteiger partial charge in [-0.2, -0.15) is 0 Å². The Hall–Kier alpha value is -3.76. The number of piperidine rings is 1. The van der Waals surface area contributed by atoms with E-state index in [2.05, 4.69) is 35.1 Å². The molecule has 1 fully saturated rings. The Bertz CT molecular complexity index is 1640. The number of ether oxygens (including phenoxy) is 2. The molecule has 8 nitrogen and oxygen atoms in total. The highest BCUT2D eigenvalue weighted by Crippen LogP contribution is 2.32. The lowest BCUT2D eigenvalue weighted by atomic mass is 9.87. The predicted octanol–water partition coefficient (Wildman–Crippen LogP) is 6.56. The maximum Gasteiger partial charge on any atom is 0.528 e. The van der Waals surface area contributed by atoms with E-state index >= 15 is 0 Å². The number of benzene rings is 4. The lowest BCUT2D eigenvalue weighted by Gasteiger charge is -2.37. The summed E-state index contributed by atoms with van der Waals surface area (Å²) in [5.74, 6) is 0.0500. The minimum absolute atomic E-state index is 0.0500. The van der Waals surface area contributed by atoms with Crippen molar-refractivity contribution in [2.75, 3.05) is 13.1 Å². The summed E-state index contributed by atoms with van der Waals surface area (Å²) in [5, 5.41) is 3.93. The smallest absolute Gasteiger partial charge is 0.427 e. The fraction of sp³-hybridized carbons (Fsp3) is 0.324. The number of hydrogen-bond donors (Lipinski definition) is 1. The summed E-state index contributed by atoms with van der Waals surface area (Å²) >= 11 is 0.